The molecule has 1 amide bonds. The van der Waals surface area contributed by atoms with Gasteiger partial charge in [0.25, 0.3) is 0 Å². The molecule has 9 heteroatoms. The molecule has 0 spiro atoms. The Hall–Kier alpha value is -1.83. The zero-order valence-corrected chi connectivity index (χ0v) is 15.6. The Morgan fingerprint density at radius 2 is 2.11 bits per heavy atom. The highest BCUT2D eigenvalue weighted by atomic mass is 35.5. The first-order valence-electron chi connectivity index (χ1n) is 8.44. The molecule has 0 unspecified atom stereocenters. The van der Waals surface area contributed by atoms with E-state index in [-0.39, 0.29) is 39.8 Å². The van der Waals surface area contributed by atoms with Gasteiger partial charge in [0.2, 0.25) is 11.9 Å². The molecule has 27 heavy (non-hydrogen) atoms. The molecule has 2 aromatic heterocycles. The molecule has 2 fully saturated rings. The summed E-state index contributed by atoms with van der Waals surface area (Å²) >= 11 is 11.7. The summed E-state index contributed by atoms with van der Waals surface area (Å²) in [6.45, 7) is 1.98. The van der Waals surface area contributed by atoms with Crippen LogP contribution in [-0.2, 0) is 9.53 Å². The summed E-state index contributed by atoms with van der Waals surface area (Å²) in [6.07, 6.45) is 2.51. The van der Waals surface area contributed by atoms with E-state index in [9.17, 15) is 13.6 Å². The minimum Gasteiger partial charge on any atom is -0.373 e. The number of carbonyl (C=O) groups excluding carboxylic acids is 1. The second-order valence-corrected chi connectivity index (χ2v) is 7.66. The monoisotopic (exact) mass is 413 g/mol. The predicted molar refractivity (Wildman–Crippen MR) is 95.7 cm³/mol. The highest BCUT2D eigenvalue weighted by Crippen LogP contribution is 2.52. The van der Waals surface area contributed by atoms with E-state index in [1.807, 2.05) is 6.92 Å². The fourth-order valence-electron chi connectivity index (χ4n) is 4.11. The largest absolute Gasteiger partial charge is 0.373 e. The molecule has 2 aliphatic heterocycles. The number of pyridine rings is 2. The van der Waals surface area contributed by atoms with Crippen LogP contribution in [0.4, 0.5) is 14.5 Å². The van der Waals surface area contributed by atoms with Crippen LogP contribution in [-0.4, -0.2) is 28.1 Å². The summed E-state index contributed by atoms with van der Waals surface area (Å²) in [5.41, 5.74) is 0.472. The van der Waals surface area contributed by atoms with Gasteiger partial charge >= 0.3 is 0 Å². The van der Waals surface area contributed by atoms with Crippen molar-refractivity contribution < 1.29 is 18.3 Å². The van der Waals surface area contributed by atoms with E-state index in [0.29, 0.717) is 12.1 Å². The van der Waals surface area contributed by atoms with Gasteiger partial charge in [0.15, 0.2) is 5.82 Å². The maximum absolute atomic E-state index is 14.4. The van der Waals surface area contributed by atoms with Gasteiger partial charge in [-0.2, -0.15) is 4.39 Å². The van der Waals surface area contributed by atoms with Crippen molar-refractivity contribution in [1.29, 1.82) is 0 Å². The summed E-state index contributed by atoms with van der Waals surface area (Å²) in [5, 5.41) is 3.06. The van der Waals surface area contributed by atoms with Crippen molar-refractivity contribution in [3.8, 4) is 0 Å². The minimum atomic E-state index is -1.18. The van der Waals surface area contributed by atoms with Gasteiger partial charge in [-0.25, -0.2) is 14.4 Å². The number of fused-ring (bicyclic) bond motifs is 2. The van der Waals surface area contributed by atoms with Crippen LogP contribution >= 0.6 is 23.2 Å². The highest BCUT2D eigenvalue weighted by Gasteiger charge is 2.56. The Balaban J connectivity index is 1.66. The van der Waals surface area contributed by atoms with Crippen LogP contribution in [0.15, 0.2) is 24.5 Å². The van der Waals surface area contributed by atoms with Gasteiger partial charge in [-0.1, -0.05) is 30.1 Å². The number of ether oxygens (including phenoxy) is 1. The number of anilines is 1. The molecule has 1 N–H and O–H groups in total. The lowest BCUT2D eigenvalue weighted by atomic mass is 9.71. The third-order valence-electron chi connectivity index (χ3n) is 5.24. The highest BCUT2D eigenvalue weighted by molar-refractivity contribution is 6.41. The van der Waals surface area contributed by atoms with Gasteiger partial charge < -0.3 is 10.1 Å². The second kappa shape index (κ2) is 6.96. The molecule has 5 nitrogen and oxygen atoms in total. The fraction of sp³-hybridized carbons (Fsp3) is 0.389. The van der Waals surface area contributed by atoms with E-state index in [1.54, 1.807) is 0 Å². The van der Waals surface area contributed by atoms with Crippen LogP contribution in [0, 0.1) is 23.6 Å². The van der Waals surface area contributed by atoms with Gasteiger partial charge in [0.1, 0.15) is 5.15 Å². The van der Waals surface area contributed by atoms with Crippen LogP contribution in [0.5, 0.6) is 0 Å². The first kappa shape index (κ1) is 18.5. The Labute approximate surface area is 164 Å². The van der Waals surface area contributed by atoms with E-state index in [0.717, 1.165) is 0 Å². The molecule has 0 radical (unpaired) electrons. The molecule has 2 aliphatic rings. The molecular formula is C18H15Cl2F2N3O2. The number of hydrogen-bond acceptors (Lipinski definition) is 4. The van der Waals surface area contributed by atoms with Crippen LogP contribution in [0.3, 0.4) is 0 Å². The minimum absolute atomic E-state index is 0.106. The summed E-state index contributed by atoms with van der Waals surface area (Å²) in [6, 6.07) is 2.88. The third-order valence-corrected chi connectivity index (χ3v) is 5.93. The predicted octanol–water partition coefficient (Wildman–Crippen LogP) is 4.21. The maximum Gasteiger partial charge on any atom is 0.249 e. The van der Waals surface area contributed by atoms with Gasteiger partial charge in [0, 0.05) is 17.7 Å². The van der Waals surface area contributed by atoms with Gasteiger partial charge in [-0.15, -0.1) is 0 Å². The van der Waals surface area contributed by atoms with E-state index in [1.165, 1.54) is 24.5 Å². The molecular weight excluding hydrogens is 399 g/mol. The number of nitrogens with one attached hydrogen (secondary N) is 1. The average Bonchev–Trinajstić information content (AvgIpc) is 3.17. The molecule has 5 atom stereocenters. The zero-order valence-electron chi connectivity index (χ0n) is 14.1. The van der Waals surface area contributed by atoms with Crippen molar-refractivity contribution in [3.63, 3.8) is 0 Å². The third kappa shape index (κ3) is 3.17. The average molecular weight is 414 g/mol. The number of carbonyl (C=O) groups is 1. The number of hydrogen-bond donors (Lipinski definition) is 1. The van der Waals surface area contributed by atoms with E-state index >= 15 is 0 Å². The van der Waals surface area contributed by atoms with Gasteiger partial charge in [-0.05, 0) is 24.5 Å². The molecule has 0 saturated carbocycles. The van der Waals surface area contributed by atoms with Crippen molar-refractivity contribution in [2.24, 2.45) is 11.8 Å². The van der Waals surface area contributed by atoms with Crippen LogP contribution < -0.4 is 5.32 Å². The zero-order chi connectivity index (χ0) is 19.3. The lowest BCUT2D eigenvalue weighted by Gasteiger charge is -2.30. The van der Waals surface area contributed by atoms with Crippen molar-refractivity contribution >= 4 is 34.8 Å². The second-order valence-electron chi connectivity index (χ2n) is 6.89. The number of amides is 1. The van der Waals surface area contributed by atoms with Gasteiger partial charge in [0.05, 0.1) is 35.0 Å². The fourth-order valence-corrected chi connectivity index (χ4v) is 4.38. The standard InChI is InChI=1S/C18H15Cl2F2N3O2/c1-7-4-11-12(9-2-3-23-17(22)14(9)21)13(15(7)27-11)18(26)25-8-5-10(19)16(20)24-6-8/h2-3,5-7,11-13,15H,4H2,1H3,(H,25,26)/t7-,11-,12-,13-,15+/m0/s1. The lowest BCUT2D eigenvalue weighted by Crippen LogP contribution is -2.39. The Morgan fingerprint density at radius 3 is 2.85 bits per heavy atom. The first-order chi connectivity index (χ1) is 12.9. The van der Waals surface area contributed by atoms with Crippen molar-refractivity contribution in [2.45, 2.75) is 31.5 Å². The molecule has 2 aromatic rings. The van der Waals surface area contributed by atoms with E-state index in [4.69, 9.17) is 27.9 Å². The topological polar surface area (TPSA) is 64.1 Å². The number of rotatable bonds is 3. The molecule has 142 valence electrons. The number of nitrogens with zero attached hydrogens (tertiary/aromatic N) is 2. The Morgan fingerprint density at radius 1 is 1.33 bits per heavy atom. The summed E-state index contributed by atoms with van der Waals surface area (Å²) < 4.78 is 33.9. The smallest absolute Gasteiger partial charge is 0.249 e. The van der Waals surface area contributed by atoms with Crippen LogP contribution in [0.2, 0.25) is 10.2 Å². The first-order valence-corrected chi connectivity index (χ1v) is 9.19. The molecule has 2 bridgehead atoms. The maximum atomic E-state index is 14.4. The number of halogens is 4. The van der Waals surface area contributed by atoms with E-state index in [2.05, 4.69) is 15.3 Å². The van der Waals surface area contributed by atoms with Crippen LogP contribution in [0.25, 0.3) is 0 Å². The number of aromatic nitrogens is 2. The summed E-state index contributed by atoms with van der Waals surface area (Å²) in [4.78, 5) is 20.2. The van der Waals surface area contributed by atoms with Crippen LogP contribution in [0.1, 0.15) is 24.8 Å². The molecule has 4 heterocycles. The van der Waals surface area contributed by atoms with Crippen molar-refractivity contribution in [1.82, 2.24) is 9.97 Å². The SMILES string of the molecule is C[C@H]1C[C@@H]2O[C@H]1[C@@H](C(=O)Nc1cnc(Cl)c(Cl)c1)[C@H]2c1ccnc(F)c1F. The molecule has 4 rings (SSSR count). The van der Waals surface area contributed by atoms with Crippen molar-refractivity contribution in [2.75, 3.05) is 5.32 Å². The van der Waals surface area contributed by atoms with Gasteiger partial charge in [-0.3, -0.25) is 4.79 Å². The quantitative estimate of drug-likeness (QED) is 0.765. The van der Waals surface area contributed by atoms with Crippen molar-refractivity contribution in [3.05, 3.63) is 52.0 Å². The molecule has 0 aromatic carbocycles. The Bertz CT molecular complexity index is 914. The summed E-state index contributed by atoms with van der Waals surface area (Å²) in [7, 11) is 0. The summed E-state index contributed by atoms with van der Waals surface area (Å²) in [5.74, 6) is -3.74. The molecule has 0 aliphatic carbocycles. The molecule has 2 saturated heterocycles. The van der Waals surface area contributed by atoms with E-state index < -0.39 is 23.6 Å². The lowest BCUT2D eigenvalue weighted by molar-refractivity contribution is -0.122. The normalized spacial score (nSPS) is 29.1. The Kier molecular flexibility index (Phi) is 4.78.